The van der Waals surface area contributed by atoms with Gasteiger partial charge in [-0.15, -0.1) is 10.2 Å². The van der Waals surface area contributed by atoms with Crippen LogP contribution in [0.2, 0.25) is 0 Å². The maximum absolute atomic E-state index is 12.9. The Hall–Kier alpha value is -6.85. The van der Waals surface area contributed by atoms with Gasteiger partial charge in [0.15, 0.2) is 34.9 Å². The summed E-state index contributed by atoms with van der Waals surface area (Å²) in [5.41, 5.74) is 0.813. The summed E-state index contributed by atoms with van der Waals surface area (Å²) >= 11 is 8.42. The highest BCUT2D eigenvalue weighted by atomic mass is 32.2. The molecule has 2 aromatic carbocycles. The number of hydrogen-bond acceptors (Lipinski definition) is 25. The van der Waals surface area contributed by atoms with E-state index in [2.05, 4.69) is 103 Å². The van der Waals surface area contributed by atoms with Crippen LogP contribution in [0.3, 0.4) is 0 Å². The van der Waals surface area contributed by atoms with Gasteiger partial charge < -0.3 is 43.4 Å². The summed E-state index contributed by atoms with van der Waals surface area (Å²) in [4.78, 5) is 68.9. The van der Waals surface area contributed by atoms with Crippen LogP contribution in [0.1, 0.15) is 206 Å². The predicted molar refractivity (Wildman–Crippen MR) is 374 cm³/mol. The van der Waals surface area contributed by atoms with Gasteiger partial charge in [-0.05, 0) is 163 Å². The number of tetrazole rings is 1. The molecule has 27 nitrogen and oxygen atoms in total. The van der Waals surface area contributed by atoms with E-state index >= 15 is 0 Å². The molecule has 1 aliphatic heterocycles. The number of amides is 2. The van der Waals surface area contributed by atoms with Gasteiger partial charge in [-0.3, -0.25) is 34.2 Å². The topological polar surface area (TPSA) is 379 Å². The van der Waals surface area contributed by atoms with Crippen molar-refractivity contribution in [3.63, 3.8) is 0 Å². The molecule has 0 radical (unpaired) electrons. The molecule has 2 amide bonds. The van der Waals surface area contributed by atoms with Crippen LogP contribution in [-0.4, -0.2) is 126 Å². The number of nitrogens with one attached hydrogen (secondary N) is 6. The molecule has 1 aliphatic rings. The van der Waals surface area contributed by atoms with E-state index in [0.717, 1.165) is 52.4 Å². The number of nitrogens with zero attached hydrogens (tertiary/aromatic N) is 7. The number of thioether (sulfide) groups is 2. The fraction of sp³-hybridized carbons (Fsp3) is 0.609. The second-order valence-corrected chi connectivity index (χ2v) is 33.0. The van der Waals surface area contributed by atoms with E-state index in [1.165, 1.54) is 6.20 Å². The third-order valence-corrected chi connectivity index (χ3v) is 13.9. The summed E-state index contributed by atoms with van der Waals surface area (Å²) in [5.74, 6) is -0.0514. The van der Waals surface area contributed by atoms with Crippen LogP contribution >= 0.6 is 47.3 Å². The van der Waals surface area contributed by atoms with Crippen LogP contribution in [0.5, 0.6) is 11.5 Å². The molecule has 0 aliphatic carbocycles. The van der Waals surface area contributed by atoms with E-state index in [0.29, 0.717) is 54.4 Å². The third kappa shape index (κ3) is 43.9. The smallest absolute Gasteiger partial charge is 0.438 e. The van der Waals surface area contributed by atoms with Gasteiger partial charge >= 0.3 is 21.2 Å². The van der Waals surface area contributed by atoms with Gasteiger partial charge in [-0.1, -0.05) is 90.9 Å². The van der Waals surface area contributed by atoms with Crippen LogP contribution in [0.4, 0.5) is 13.6 Å². The van der Waals surface area contributed by atoms with Gasteiger partial charge in [-0.2, -0.15) is 26.3 Å². The lowest BCUT2D eigenvalue weighted by molar-refractivity contribution is -0.120. The van der Waals surface area contributed by atoms with Crippen LogP contribution < -0.4 is 21.6 Å². The van der Waals surface area contributed by atoms with Gasteiger partial charge in [0.05, 0.1) is 34.6 Å². The molecule has 5 aromatic heterocycles. The number of aromatic nitrogens is 12. The number of H-pyrrole nitrogens is 5. The van der Waals surface area contributed by atoms with Crippen LogP contribution in [0.25, 0.3) is 0 Å². The number of benzene rings is 2. The summed E-state index contributed by atoms with van der Waals surface area (Å²) in [6.45, 7) is 49.1. The normalized spacial score (nSPS) is 13.4. The lowest BCUT2D eigenvalue weighted by Crippen LogP contribution is -2.31. The molecule has 6 heterocycles. The van der Waals surface area contributed by atoms with Crippen molar-refractivity contribution >= 4 is 58.4 Å². The first-order valence-corrected chi connectivity index (χ1v) is 33.5. The second-order valence-electron chi connectivity index (χ2n) is 29.0. The first kappa shape index (κ1) is 88.2. The monoisotopic (exact) mass is 1440 g/mol. The number of aromatic amines is 5. The minimum atomic E-state index is -0.912. The Morgan fingerprint density at radius 2 is 1.18 bits per heavy atom. The lowest BCUT2D eigenvalue weighted by Gasteiger charge is -2.20. The molecule has 1 fully saturated rings. The molecule has 0 saturated carbocycles. The fourth-order valence-corrected chi connectivity index (χ4v) is 8.06. The van der Waals surface area contributed by atoms with Gasteiger partial charge in [-0.25, -0.2) is 28.5 Å². The van der Waals surface area contributed by atoms with Crippen molar-refractivity contribution in [2.24, 2.45) is 0 Å². The molecular formula is C64H101F2N13O14S4. The van der Waals surface area contributed by atoms with Crippen molar-refractivity contribution in [2.75, 3.05) is 6.61 Å². The van der Waals surface area contributed by atoms with E-state index in [-0.39, 0.29) is 88.6 Å². The van der Waals surface area contributed by atoms with Crippen molar-refractivity contribution in [3.8, 4) is 11.5 Å². The minimum absolute atomic E-state index is 0.0118. The van der Waals surface area contributed by atoms with Gasteiger partial charge in [0.2, 0.25) is 5.91 Å². The van der Waals surface area contributed by atoms with Crippen molar-refractivity contribution < 1.29 is 61.3 Å². The third-order valence-electron chi connectivity index (χ3n) is 10.9. The van der Waals surface area contributed by atoms with Crippen molar-refractivity contribution in [2.45, 2.75) is 247 Å². The number of hydrogen-bond donors (Lipinski definition) is 8. The fourth-order valence-electron chi connectivity index (χ4n) is 5.90. The summed E-state index contributed by atoms with van der Waals surface area (Å²) in [5, 5.41) is 39.2. The molecule has 7 aromatic rings. The largest absolute Gasteiger partial charge is 0.508 e. The van der Waals surface area contributed by atoms with E-state index in [4.69, 9.17) is 33.3 Å². The number of carbonyl (C=O) groups is 2. The van der Waals surface area contributed by atoms with Crippen LogP contribution in [0.15, 0.2) is 72.1 Å². The van der Waals surface area contributed by atoms with Gasteiger partial charge in [0, 0.05) is 44.9 Å². The summed E-state index contributed by atoms with van der Waals surface area (Å²) in [7, 11) is 0. The number of imide groups is 1. The Labute approximate surface area is 583 Å². The first-order valence-electron chi connectivity index (χ1n) is 30.4. The Morgan fingerprint density at radius 3 is 1.57 bits per heavy atom. The van der Waals surface area contributed by atoms with E-state index in [1.54, 1.807) is 6.07 Å². The highest BCUT2D eigenvalue weighted by Gasteiger charge is 2.33. The molecule has 1 saturated heterocycles. The van der Waals surface area contributed by atoms with Crippen molar-refractivity contribution in [1.82, 2.24) is 65.5 Å². The highest BCUT2D eigenvalue weighted by molar-refractivity contribution is 8.15. The highest BCUT2D eigenvalue weighted by Crippen LogP contribution is 2.31. The van der Waals surface area contributed by atoms with Crippen LogP contribution in [-0.2, 0) is 71.5 Å². The summed E-state index contributed by atoms with van der Waals surface area (Å²) in [6.07, 6.45) is 1.53. The molecule has 0 spiro atoms. The molecule has 8 rings (SSSR count). The van der Waals surface area contributed by atoms with Gasteiger partial charge in [0.25, 0.3) is 5.24 Å². The zero-order valence-electron chi connectivity index (χ0n) is 60.3. The number of halogens is 2. The molecular weight excluding hydrogens is 1340 g/mol. The van der Waals surface area contributed by atoms with Crippen LogP contribution in [0, 0.1) is 16.5 Å². The number of phenols is 2. The quantitative estimate of drug-likeness (QED) is 0.0527. The number of rotatable bonds is 12. The Kier molecular flexibility index (Phi) is 36.1. The molecule has 1 atom stereocenters. The molecule has 8 N–H and O–H groups in total. The molecule has 544 valence electrons. The number of carbonyl (C=O) groups excluding carboxylic acids is 2. The zero-order chi connectivity index (χ0) is 74.6. The van der Waals surface area contributed by atoms with E-state index in [9.17, 15) is 37.9 Å². The van der Waals surface area contributed by atoms with E-state index < -0.39 is 23.1 Å². The lowest BCUT2D eigenvalue weighted by atomic mass is 9.87. The summed E-state index contributed by atoms with van der Waals surface area (Å²) in [6, 6.07) is 11.6. The van der Waals surface area contributed by atoms with Gasteiger partial charge in [0.1, 0.15) is 43.3 Å². The van der Waals surface area contributed by atoms with Crippen molar-refractivity contribution in [3.05, 3.63) is 136 Å². The van der Waals surface area contributed by atoms with Crippen molar-refractivity contribution in [1.29, 1.82) is 0 Å². The average Bonchev–Trinajstić information content (AvgIpc) is 1.78. The Balaban J connectivity index is 0.000000555. The number of aromatic hydroxyl groups is 2. The number of phenolic OH excluding ortho intramolecular Hbond substituents is 2. The Morgan fingerprint density at radius 1 is 0.649 bits per heavy atom. The summed E-state index contributed by atoms with van der Waals surface area (Å²) < 4.78 is 65.9. The van der Waals surface area contributed by atoms with E-state index in [1.807, 2.05) is 181 Å². The molecule has 1 unspecified atom stereocenters. The first-order chi connectivity index (χ1) is 44.2. The number of para-hydroxylation sites is 1. The zero-order valence-corrected chi connectivity index (χ0v) is 63.5. The maximum Gasteiger partial charge on any atom is 0.438 e. The number of ether oxygens (including phenoxy) is 5. The second kappa shape index (κ2) is 39.7. The molecule has 33 heteroatoms. The average molecular weight is 1440 g/mol. The standard InChI is InChI=1S/C11H16OS.C10H12F2O.C8H12N2O.C8H13NO3S.C7H12N2O3.2C7H12N2O2S.C6H12N4O/c1-11(2,3)13-8-9-6-4-5-7-10(9)12;1-10(2,3)6-4-7(11)9(13)8(12)5-6;1-8(2,3)6-4-5-9-7(11)10-6;1-8(2,3)12-4-5-6(10)9-7(11)13-5;2*1-7(2,3)11-4-5-8-6(10)12-9-5;1-7(2,3)10-4-5-8-6(12)11-9-5;1-6(2,3)11-4-5-7-9-10-8-5/h4-7,12H,8H2,1-3H3;4-5,13H,1-3H3;4-5H,1-3H3,(H,9,10,11);5H,4H2,1-3H3,(H,9,10,11);2*4H2,1-3H3,(H,8,9,10);4H2,1-3H3,(H,8,9,12);4H2,1-3H3,(H,7,8,9,10). The SMILES string of the molecule is CC(C)(C)OCC1SC(=O)NC1=O.CC(C)(C)OCc1nc(=S)o[nH]1.CC(C)(C)OCc1nn[nH]n1.CC(C)(C)OCc1noc(=O)[nH]1.CC(C)(C)OCc1nsc(=O)[nH]1.CC(C)(C)SCc1ccccc1O.CC(C)(C)c1cc(F)c(O)c(F)c1.CC(C)(C)c1ccnc(=O)[nH]1. The maximum atomic E-state index is 12.9. The molecule has 0 bridgehead atoms. The molecule has 97 heavy (non-hydrogen) atoms. The minimum Gasteiger partial charge on any atom is -0.508 e. The Bertz CT molecular complexity index is 3490. The predicted octanol–water partition coefficient (Wildman–Crippen LogP) is 13.0.